The second-order valence-corrected chi connectivity index (χ2v) is 12.7. The molecule has 0 unspecified atom stereocenters. The van der Waals surface area contributed by atoms with Gasteiger partial charge in [-0.2, -0.15) is 5.10 Å². The Labute approximate surface area is 236 Å². The Bertz CT molecular complexity index is 2010. The zero-order chi connectivity index (χ0) is 28.7. The Morgan fingerprint density at radius 1 is 1.00 bits per heavy atom. The lowest BCUT2D eigenvalue weighted by molar-refractivity contribution is 0.600. The van der Waals surface area contributed by atoms with E-state index in [9.17, 15) is 12.8 Å². The van der Waals surface area contributed by atoms with Gasteiger partial charge in [-0.3, -0.25) is 15.1 Å². The normalized spacial score (nSPS) is 12.0. The minimum atomic E-state index is -3.18. The van der Waals surface area contributed by atoms with E-state index >= 15 is 0 Å². The molecule has 208 valence electrons. The molecule has 0 saturated heterocycles. The summed E-state index contributed by atoms with van der Waals surface area (Å²) in [5, 5.41) is 11.8. The van der Waals surface area contributed by atoms with Crippen molar-refractivity contribution >= 4 is 37.5 Å². The van der Waals surface area contributed by atoms with Crippen LogP contribution in [0.3, 0.4) is 0 Å². The van der Waals surface area contributed by atoms with Crippen LogP contribution in [0.5, 0.6) is 0 Å². The summed E-state index contributed by atoms with van der Waals surface area (Å²) in [5.41, 5.74) is 7.30. The number of benzene rings is 2. The van der Waals surface area contributed by atoms with E-state index in [0.717, 1.165) is 38.9 Å². The molecule has 0 fully saturated rings. The third-order valence-corrected chi connectivity index (χ3v) is 7.65. The van der Waals surface area contributed by atoms with Gasteiger partial charge in [0, 0.05) is 41.2 Å². The molecular formula is C30H28FN7O2S. The first kappa shape index (κ1) is 26.6. The number of fused-ring (bicyclic) bond motifs is 2. The van der Waals surface area contributed by atoms with Gasteiger partial charge in [0.15, 0.2) is 5.82 Å². The van der Waals surface area contributed by atoms with Gasteiger partial charge >= 0.3 is 0 Å². The van der Waals surface area contributed by atoms with Crippen molar-refractivity contribution < 1.29 is 12.8 Å². The van der Waals surface area contributed by atoms with Crippen molar-refractivity contribution in [1.29, 1.82) is 0 Å². The summed E-state index contributed by atoms with van der Waals surface area (Å²) in [7, 11) is -3.18. The molecule has 4 heterocycles. The number of aromatic amines is 2. The molecule has 0 aliphatic heterocycles. The third kappa shape index (κ3) is 5.66. The van der Waals surface area contributed by atoms with Crippen LogP contribution in [0.4, 0.5) is 10.1 Å². The summed E-state index contributed by atoms with van der Waals surface area (Å²) in [6.45, 7) is 4.14. The highest BCUT2D eigenvalue weighted by Gasteiger charge is 2.17. The second-order valence-electron chi connectivity index (χ2n) is 10.5. The average Bonchev–Trinajstić information content (AvgIpc) is 3.54. The number of nitrogens with zero attached hydrogens (tertiary/aromatic N) is 4. The fraction of sp³-hybridized carbons (Fsp3) is 0.200. The van der Waals surface area contributed by atoms with Crippen molar-refractivity contribution in [2.75, 3.05) is 17.3 Å². The van der Waals surface area contributed by atoms with E-state index < -0.39 is 15.7 Å². The smallest absolute Gasteiger partial charge is 0.159 e. The van der Waals surface area contributed by atoms with Gasteiger partial charge in [0.1, 0.15) is 21.3 Å². The summed E-state index contributed by atoms with van der Waals surface area (Å²) in [4.78, 5) is 17.2. The molecule has 0 bridgehead atoms. The largest absolute Gasteiger partial charge is 0.382 e. The molecule has 0 aliphatic carbocycles. The molecule has 6 rings (SSSR count). The number of nitrogens with one attached hydrogen (secondary N) is 3. The van der Waals surface area contributed by atoms with Gasteiger partial charge in [0.2, 0.25) is 0 Å². The van der Waals surface area contributed by atoms with Crippen LogP contribution in [-0.2, 0) is 16.3 Å². The number of hydrogen-bond donors (Lipinski definition) is 3. The maximum atomic E-state index is 14.6. The number of imidazole rings is 1. The lowest BCUT2D eigenvalue weighted by Crippen LogP contribution is -2.09. The quantitative estimate of drug-likeness (QED) is 0.212. The number of hydrogen-bond acceptors (Lipinski definition) is 7. The highest BCUT2D eigenvalue weighted by atomic mass is 32.2. The van der Waals surface area contributed by atoms with E-state index in [0.29, 0.717) is 28.2 Å². The molecule has 3 N–H and O–H groups in total. The summed E-state index contributed by atoms with van der Waals surface area (Å²) >= 11 is 0. The number of sulfone groups is 1. The molecule has 2 aromatic carbocycles. The van der Waals surface area contributed by atoms with Crippen molar-refractivity contribution in [2.24, 2.45) is 0 Å². The Balaban J connectivity index is 1.40. The lowest BCUT2D eigenvalue weighted by Gasteiger charge is -2.10. The third-order valence-electron chi connectivity index (χ3n) is 6.70. The molecule has 0 aliphatic rings. The first-order valence-corrected chi connectivity index (χ1v) is 15.2. The van der Waals surface area contributed by atoms with E-state index in [1.54, 1.807) is 18.6 Å². The summed E-state index contributed by atoms with van der Waals surface area (Å²) < 4.78 is 37.9. The van der Waals surface area contributed by atoms with Crippen molar-refractivity contribution in [3.05, 3.63) is 78.5 Å². The van der Waals surface area contributed by atoms with E-state index in [2.05, 4.69) is 44.3 Å². The molecule has 41 heavy (non-hydrogen) atoms. The Kier molecular flexibility index (Phi) is 6.74. The standard InChI is InChI=1S/C30H28FN7O2S/c1-17(2)34-22-12-20(14-32-15-22)26-13-24-27(16-33-26)37-38-29(24)30-35-25-6-4-5-23(28(25)36-30)19-9-18(10-21(31)11-19)7-8-41(3,39)40/h4-6,9-17,34H,7-8H2,1-3H3,(H,35,36)(H,37,38). The monoisotopic (exact) mass is 569 g/mol. The van der Waals surface area contributed by atoms with Gasteiger partial charge < -0.3 is 10.3 Å². The Morgan fingerprint density at radius 2 is 1.85 bits per heavy atom. The van der Waals surface area contributed by atoms with Crippen molar-refractivity contribution in [1.82, 2.24) is 30.1 Å². The summed E-state index contributed by atoms with van der Waals surface area (Å²) in [6, 6.07) is 14.5. The van der Waals surface area contributed by atoms with Gasteiger partial charge in [0.25, 0.3) is 0 Å². The fourth-order valence-electron chi connectivity index (χ4n) is 4.88. The zero-order valence-electron chi connectivity index (χ0n) is 22.7. The molecule has 0 spiro atoms. The van der Waals surface area contributed by atoms with Gasteiger partial charge in [-0.15, -0.1) is 0 Å². The maximum Gasteiger partial charge on any atom is 0.159 e. The molecule has 6 aromatic rings. The van der Waals surface area contributed by atoms with Crippen LogP contribution < -0.4 is 5.32 Å². The predicted molar refractivity (Wildman–Crippen MR) is 160 cm³/mol. The van der Waals surface area contributed by atoms with Crippen LogP contribution >= 0.6 is 0 Å². The molecule has 0 saturated carbocycles. The Hall–Kier alpha value is -4.64. The number of aromatic nitrogens is 6. The van der Waals surface area contributed by atoms with Crippen molar-refractivity contribution in [3.8, 4) is 33.9 Å². The molecule has 4 aromatic heterocycles. The van der Waals surface area contributed by atoms with E-state index in [1.165, 1.54) is 18.4 Å². The average molecular weight is 570 g/mol. The van der Waals surface area contributed by atoms with Gasteiger partial charge in [-0.25, -0.2) is 17.8 Å². The van der Waals surface area contributed by atoms with Crippen molar-refractivity contribution in [3.63, 3.8) is 0 Å². The lowest BCUT2D eigenvalue weighted by atomic mass is 10.0. The number of rotatable bonds is 8. The number of halogens is 1. The number of pyridine rings is 2. The highest BCUT2D eigenvalue weighted by molar-refractivity contribution is 7.90. The van der Waals surface area contributed by atoms with Crippen LogP contribution in [0, 0.1) is 5.82 Å². The molecular weight excluding hydrogens is 541 g/mol. The molecule has 0 atom stereocenters. The number of H-pyrrole nitrogens is 2. The van der Waals surface area contributed by atoms with Crippen LogP contribution in [0.15, 0.2) is 67.1 Å². The van der Waals surface area contributed by atoms with Crippen molar-refractivity contribution in [2.45, 2.75) is 26.3 Å². The predicted octanol–water partition coefficient (Wildman–Crippen LogP) is 5.78. The van der Waals surface area contributed by atoms with E-state index in [4.69, 9.17) is 4.98 Å². The second kappa shape index (κ2) is 10.4. The van der Waals surface area contributed by atoms with Crippen LogP contribution in [0.2, 0.25) is 0 Å². The molecule has 11 heteroatoms. The summed E-state index contributed by atoms with van der Waals surface area (Å²) in [5.74, 6) is 0.0711. The Morgan fingerprint density at radius 3 is 2.66 bits per heavy atom. The number of anilines is 1. The number of aryl methyl sites for hydroxylation is 1. The van der Waals surface area contributed by atoms with Gasteiger partial charge in [-0.05, 0) is 61.7 Å². The molecule has 0 radical (unpaired) electrons. The molecule has 0 amide bonds. The topological polar surface area (TPSA) is 129 Å². The first-order chi connectivity index (χ1) is 19.6. The molecule has 9 nitrogen and oxygen atoms in total. The van der Waals surface area contributed by atoms with Gasteiger partial charge in [-0.1, -0.05) is 18.2 Å². The van der Waals surface area contributed by atoms with Gasteiger partial charge in [0.05, 0.1) is 39.9 Å². The van der Waals surface area contributed by atoms with Crippen LogP contribution in [0.1, 0.15) is 19.4 Å². The zero-order valence-corrected chi connectivity index (χ0v) is 23.6. The highest BCUT2D eigenvalue weighted by Crippen LogP contribution is 2.33. The van der Waals surface area contributed by atoms with Crippen LogP contribution in [-0.4, -0.2) is 56.6 Å². The first-order valence-electron chi connectivity index (χ1n) is 13.2. The SMILES string of the molecule is CC(C)Nc1cncc(-c2cc3c(-c4nc5c(-c6cc(F)cc(CCS(C)(=O)=O)c6)cccc5[nH]4)n[nH]c3cn2)c1. The maximum absolute atomic E-state index is 14.6. The number of para-hydroxylation sites is 1. The van der Waals surface area contributed by atoms with Crippen LogP contribution in [0.25, 0.3) is 55.8 Å². The van der Waals surface area contributed by atoms with E-state index in [1.807, 2.05) is 36.4 Å². The minimum Gasteiger partial charge on any atom is -0.382 e. The minimum absolute atomic E-state index is 0.0513. The van der Waals surface area contributed by atoms with E-state index in [-0.39, 0.29) is 18.2 Å². The summed E-state index contributed by atoms with van der Waals surface area (Å²) in [6.07, 6.45) is 6.70. The fourth-order valence-corrected chi connectivity index (χ4v) is 5.48.